The van der Waals surface area contributed by atoms with Crippen molar-refractivity contribution in [2.45, 2.75) is 45.3 Å². The molecule has 1 atom stereocenters. The van der Waals surface area contributed by atoms with Crippen LogP contribution in [-0.4, -0.2) is 33.0 Å². The van der Waals surface area contributed by atoms with Crippen molar-refractivity contribution in [3.05, 3.63) is 23.8 Å². The summed E-state index contributed by atoms with van der Waals surface area (Å²) in [5.74, 6) is 1.63. The van der Waals surface area contributed by atoms with Crippen molar-refractivity contribution < 1.29 is 14.2 Å². The van der Waals surface area contributed by atoms with Gasteiger partial charge < -0.3 is 19.5 Å². The van der Waals surface area contributed by atoms with Crippen LogP contribution >= 0.6 is 0 Å². The second kappa shape index (κ2) is 8.90. The number of benzene rings is 1. The predicted molar refractivity (Wildman–Crippen MR) is 84.1 cm³/mol. The van der Waals surface area contributed by atoms with Gasteiger partial charge in [0.1, 0.15) is 0 Å². The van der Waals surface area contributed by atoms with Crippen LogP contribution in [0.15, 0.2) is 18.2 Å². The van der Waals surface area contributed by atoms with Crippen LogP contribution in [0.25, 0.3) is 0 Å². The lowest BCUT2D eigenvalue weighted by molar-refractivity contribution is 0.0980. The molecular weight excluding hydrogens is 266 g/mol. The summed E-state index contributed by atoms with van der Waals surface area (Å²) in [6, 6.07) is 6.12. The van der Waals surface area contributed by atoms with Gasteiger partial charge in [-0.25, -0.2) is 0 Å². The number of hydrogen-bond donors (Lipinski definition) is 1. The molecule has 0 aliphatic carbocycles. The maximum absolute atomic E-state index is 5.85. The minimum atomic E-state index is 0.443. The zero-order chi connectivity index (χ0) is 14.9. The largest absolute Gasteiger partial charge is 0.493 e. The van der Waals surface area contributed by atoms with E-state index in [0.29, 0.717) is 12.7 Å². The van der Waals surface area contributed by atoms with Crippen molar-refractivity contribution in [3.8, 4) is 11.5 Å². The maximum atomic E-state index is 5.85. The van der Waals surface area contributed by atoms with Crippen LogP contribution < -0.4 is 14.8 Å². The van der Waals surface area contributed by atoms with Crippen LogP contribution in [0.3, 0.4) is 0 Å². The lowest BCUT2D eigenvalue weighted by atomic mass is 10.1. The Hall–Kier alpha value is -1.26. The Morgan fingerprint density at radius 2 is 2.24 bits per heavy atom. The molecule has 1 unspecified atom stereocenters. The van der Waals surface area contributed by atoms with Gasteiger partial charge in [0.05, 0.1) is 19.8 Å². The first-order valence-electron chi connectivity index (χ1n) is 7.95. The highest BCUT2D eigenvalue weighted by Gasteiger charge is 2.14. The average Bonchev–Trinajstić information content (AvgIpc) is 3.03. The summed E-state index contributed by atoms with van der Waals surface area (Å²) in [6.45, 7) is 5.55. The second-order valence-electron chi connectivity index (χ2n) is 5.39. The predicted octanol–water partition coefficient (Wildman–Crippen LogP) is 3.14. The molecule has 1 saturated heterocycles. The molecule has 0 radical (unpaired) electrons. The molecule has 0 spiro atoms. The van der Waals surface area contributed by atoms with E-state index < -0.39 is 0 Å². The number of ether oxygens (including phenoxy) is 3. The van der Waals surface area contributed by atoms with Crippen molar-refractivity contribution in [1.82, 2.24) is 5.32 Å². The molecular formula is C17H27NO3. The Balaban J connectivity index is 1.78. The third kappa shape index (κ3) is 5.21. The molecule has 0 bridgehead atoms. The second-order valence-corrected chi connectivity index (χ2v) is 5.39. The lowest BCUT2D eigenvalue weighted by Gasteiger charge is -2.13. The molecule has 1 aliphatic rings. The molecule has 0 amide bonds. The van der Waals surface area contributed by atoms with Crippen molar-refractivity contribution in [2.75, 3.05) is 26.9 Å². The topological polar surface area (TPSA) is 39.7 Å². The molecule has 2 rings (SSSR count). The summed E-state index contributed by atoms with van der Waals surface area (Å²) >= 11 is 0. The standard InChI is InChI=1S/C17H27NO3/c1-3-18-13-14-8-9-16(17(12-14)19-2)21-11-5-7-15-6-4-10-20-15/h8-9,12,15,18H,3-7,10-11,13H2,1-2H3. The van der Waals surface area contributed by atoms with Crippen LogP contribution in [-0.2, 0) is 11.3 Å². The third-order valence-corrected chi connectivity index (χ3v) is 3.76. The fourth-order valence-corrected chi connectivity index (χ4v) is 2.58. The lowest BCUT2D eigenvalue weighted by Crippen LogP contribution is -2.12. The average molecular weight is 293 g/mol. The first kappa shape index (κ1) is 16.1. The van der Waals surface area contributed by atoms with E-state index in [2.05, 4.69) is 18.3 Å². The van der Waals surface area contributed by atoms with Gasteiger partial charge >= 0.3 is 0 Å². The van der Waals surface area contributed by atoms with Gasteiger partial charge in [-0.3, -0.25) is 0 Å². The SMILES string of the molecule is CCNCc1ccc(OCCCC2CCCO2)c(OC)c1. The summed E-state index contributed by atoms with van der Waals surface area (Å²) in [7, 11) is 1.69. The Bertz CT molecular complexity index is 416. The monoisotopic (exact) mass is 293 g/mol. The molecule has 4 nitrogen and oxygen atoms in total. The normalized spacial score (nSPS) is 17.9. The van der Waals surface area contributed by atoms with Gasteiger partial charge in [0.2, 0.25) is 0 Å². The van der Waals surface area contributed by atoms with E-state index in [1.165, 1.54) is 18.4 Å². The quantitative estimate of drug-likeness (QED) is 0.710. The van der Waals surface area contributed by atoms with Gasteiger partial charge in [-0.2, -0.15) is 0 Å². The molecule has 0 saturated carbocycles. The summed E-state index contributed by atoms with van der Waals surface area (Å²) in [4.78, 5) is 0. The van der Waals surface area contributed by atoms with Crippen molar-refractivity contribution in [3.63, 3.8) is 0 Å². The van der Waals surface area contributed by atoms with E-state index in [1.807, 2.05) is 12.1 Å². The number of methoxy groups -OCH3 is 1. The van der Waals surface area contributed by atoms with Gasteiger partial charge in [-0.05, 0) is 49.9 Å². The summed E-state index contributed by atoms with van der Waals surface area (Å²) in [5.41, 5.74) is 1.21. The Kier molecular flexibility index (Phi) is 6.83. The summed E-state index contributed by atoms with van der Waals surface area (Å²) in [6.07, 6.45) is 4.95. The van der Waals surface area contributed by atoms with Crippen LogP contribution in [0.5, 0.6) is 11.5 Å². The fourth-order valence-electron chi connectivity index (χ4n) is 2.58. The van der Waals surface area contributed by atoms with E-state index in [9.17, 15) is 0 Å². The molecule has 1 fully saturated rings. The van der Waals surface area contributed by atoms with Gasteiger partial charge in [0, 0.05) is 13.2 Å². The molecule has 0 aromatic heterocycles. The minimum Gasteiger partial charge on any atom is -0.493 e. The van der Waals surface area contributed by atoms with Crippen molar-refractivity contribution in [2.24, 2.45) is 0 Å². The number of nitrogens with one attached hydrogen (secondary N) is 1. The molecule has 1 aliphatic heterocycles. The van der Waals surface area contributed by atoms with Gasteiger partial charge in [0.15, 0.2) is 11.5 Å². The molecule has 118 valence electrons. The van der Waals surface area contributed by atoms with E-state index in [4.69, 9.17) is 14.2 Å². The van der Waals surface area contributed by atoms with Gasteiger partial charge in [-0.15, -0.1) is 0 Å². The van der Waals surface area contributed by atoms with E-state index >= 15 is 0 Å². The molecule has 21 heavy (non-hydrogen) atoms. The first-order chi connectivity index (χ1) is 10.3. The molecule has 4 heteroatoms. The summed E-state index contributed by atoms with van der Waals surface area (Å²) < 4.78 is 16.9. The van der Waals surface area contributed by atoms with E-state index in [0.717, 1.165) is 44.0 Å². The smallest absolute Gasteiger partial charge is 0.161 e. The Labute approximate surface area is 127 Å². The molecule has 1 aromatic carbocycles. The Morgan fingerprint density at radius 3 is 2.95 bits per heavy atom. The van der Waals surface area contributed by atoms with Crippen molar-refractivity contribution in [1.29, 1.82) is 0 Å². The minimum absolute atomic E-state index is 0.443. The van der Waals surface area contributed by atoms with E-state index in [-0.39, 0.29) is 0 Å². The molecule has 1 aromatic rings. The molecule has 1 heterocycles. The van der Waals surface area contributed by atoms with Crippen molar-refractivity contribution >= 4 is 0 Å². The highest BCUT2D eigenvalue weighted by molar-refractivity contribution is 5.42. The Morgan fingerprint density at radius 1 is 1.33 bits per heavy atom. The van der Waals surface area contributed by atoms with Crippen LogP contribution in [0.1, 0.15) is 38.2 Å². The van der Waals surface area contributed by atoms with Gasteiger partial charge in [0.25, 0.3) is 0 Å². The first-order valence-corrected chi connectivity index (χ1v) is 7.95. The highest BCUT2D eigenvalue weighted by Crippen LogP contribution is 2.28. The summed E-state index contributed by atoms with van der Waals surface area (Å²) in [5, 5.41) is 3.31. The fraction of sp³-hybridized carbons (Fsp3) is 0.647. The van der Waals surface area contributed by atoms with Crippen LogP contribution in [0.2, 0.25) is 0 Å². The zero-order valence-electron chi connectivity index (χ0n) is 13.2. The highest BCUT2D eigenvalue weighted by atomic mass is 16.5. The van der Waals surface area contributed by atoms with E-state index in [1.54, 1.807) is 7.11 Å². The number of hydrogen-bond acceptors (Lipinski definition) is 4. The van der Waals surface area contributed by atoms with Crippen LogP contribution in [0, 0.1) is 0 Å². The van der Waals surface area contributed by atoms with Gasteiger partial charge in [-0.1, -0.05) is 13.0 Å². The van der Waals surface area contributed by atoms with Crippen LogP contribution in [0.4, 0.5) is 0 Å². The number of rotatable bonds is 9. The zero-order valence-corrected chi connectivity index (χ0v) is 13.2. The maximum Gasteiger partial charge on any atom is 0.161 e. The third-order valence-electron chi connectivity index (χ3n) is 3.76. The molecule has 1 N–H and O–H groups in total.